The Morgan fingerprint density at radius 3 is 2.55 bits per heavy atom. The van der Waals surface area contributed by atoms with Crippen molar-refractivity contribution < 1.29 is 0 Å². The summed E-state index contributed by atoms with van der Waals surface area (Å²) in [6.45, 7) is 1.92. The van der Waals surface area contributed by atoms with E-state index in [-0.39, 0.29) is 0 Å². The van der Waals surface area contributed by atoms with Gasteiger partial charge >= 0.3 is 0 Å². The molecule has 0 bridgehead atoms. The number of halogens is 1. The molecule has 2 heterocycles. The van der Waals surface area contributed by atoms with E-state index in [0.29, 0.717) is 5.02 Å². The minimum atomic E-state index is 0.707. The Hall–Kier alpha value is -1.85. The molecule has 0 aliphatic carbocycles. The zero-order valence-electron chi connectivity index (χ0n) is 10.7. The van der Waals surface area contributed by atoms with Gasteiger partial charge in [-0.1, -0.05) is 17.7 Å². The van der Waals surface area contributed by atoms with Gasteiger partial charge in [0.05, 0.1) is 0 Å². The number of hydrogen-bond acceptors (Lipinski definition) is 4. The highest BCUT2D eigenvalue weighted by Gasteiger charge is 2.12. The summed E-state index contributed by atoms with van der Waals surface area (Å²) >= 11 is 7.41. The topological polar surface area (TPSA) is 43.6 Å². The maximum absolute atomic E-state index is 5.93. The lowest BCUT2D eigenvalue weighted by Crippen LogP contribution is -1.98. The van der Waals surface area contributed by atoms with Crippen LogP contribution in [-0.2, 0) is 0 Å². The summed E-state index contributed by atoms with van der Waals surface area (Å²) < 4.78 is 1.98. The van der Waals surface area contributed by atoms with Crippen LogP contribution in [0.5, 0.6) is 0 Å². The van der Waals surface area contributed by atoms with Gasteiger partial charge in [0, 0.05) is 16.9 Å². The first-order valence-electron chi connectivity index (χ1n) is 6.01. The second-order valence-electron chi connectivity index (χ2n) is 4.11. The largest absolute Gasteiger partial charge is 0.274 e. The van der Waals surface area contributed by atoms with Crippen LogP contribution in [-0.4, -0.2) is 19.7 Å². The minimum absolute atomic E-state index is 0.707. The highest BCUT2D eigenvalue weighted by atomic mass is 35.5. The molecule has 0 spiro atoms. The Morgan fingerprint density at radius 2 is 1.85 bits per heavy atom. The third kappa shape index (κ3) is 2.69. The molecule has 0 saturated carbocycles. The van der Waals surface area contributed by atoms with E-state index in [2.05, 4.69) is 15.2 Å². The molecule has 0 amide bonds. The summed E-state index contributed by atoms with van der Waals surface area (Å²) in [7, 11) is 0. The number of pyridine rings is 1. The molecule has 0 unspecified atom stereocenters. The van der Waals surface area contributed by atoms with Gasteiger partial charge in [0.25, 0.3) is 0 Å². The van der Waals surface area contributed by atoms with Crippen molar-refractivity contribution in [1.82, 2.24) is 19.7 Å². The molecular weight excluding hydrogens is 292 g/mol. The van der Waals surface area contributed by atoms with Crippen LogP contribution in [0.15, 0.2) is 58.8 Å². The van der Waals surface area contributed by atoms with Gasteiger partial charge in [-0.15, -0.1) is 10.2 Å². The second-order valence-corrected chi connectivity index (χ2v) is 5.54. The van der Waals surface area contributed by atoms with Crippen molar-refractivity contribution in [1.29, 1.82) is 0 Å². The third-order valence-corrected chi connectivity index (χ3v) is 3.86. The van der Waals surface area contributed by atoms with E-state index >= 15 is 0 Å². The van der Waals surface area contributed by atoms with Crippen LogP contribution in [0.25, 0.3) is 5.69 Å². The first kappa shape index (κ1) is 13.1. The van der Waals surface area contributed by atoms with E-state index in [4.69, 9.17) is 11.6 Å². The van der Waals surface area contributed by atoms with Crippen LogP contribution < -0.4 is 0 Å². The fourth-order valence-electron chi connectivity index (χ4n) is 1.80. The first-order valence-corrected chi connectivity index (χ1v) is 7.20. The molecule has 3 aromatic rings. The van der Waals surface area contributed by atoms with Crippen molar-refractivity contribution >= 4 is 23.4 Å². The third-order valence-electron chi connectivity index (χ3n) is 2.71. The smallest absolute Gasteiger partial charge is 0.202 e. The molecule has 0 aliphatic heterocycles. The van der Waals surface area contributed by atoms with Crippen LogP contribution >= 0.6 is 23.4 Å². The summed E-state index contributed by atoms with van der Waals surface area (Å²) in [6.07, 6.45) is 1.76. The average molecular weight is 303 g/mol. The Balaban J connectivity index is 1.99. The molecule has 0 atom stereocenters. The monoisotopic (exact) mass is 302 g/mol. The Morgan fingerprint density at radius 1 is 1.05 bits per heavy atom. The summed E-state index contributed by atoms with van der Waals surface area (Å²) in [4.78, 5) is 4.29. The van der Waals surface area contributed by atoms with E-state index in [1.165, 1.54) is 11.8 Å². The molecular formula is C14H11ClN4S. The molecule has 0 fully saturated rings. The molecule has 0 radical (unpaired) electrons. The highest BCUT2D eigenvalue weighted by Crippen LogP contribution is 2.27. The zero-order chi connectivity index (χ0) is 13.9. The van der Waals surface area contributed by atoms with Crippen LogP contribution in [0.1, 0.15) is 5.82 Å². The quantitative estimate of drug-likeness (QED) is 0.738. The SMILES string of the molecule is Cc1nnc(Sc2ccccn2)n1-c1ccc(Cl)cc1. The maximum Gasteiger partial charge on any atom is 0.202 e. The number of rotatable bonds is 3. The summed E-state index contributed by atoms with van der Waals surface area (Å²) in [5.74, 6) is 0.825. The summed E-state index contributed by atoms with van der Waals surface area (Å²) in [5.41, 5.74) is 0.982. The lowest BCUT2D eigenvalue weighted by atomic mass is 10.3. The van der Waals surface area contributed by atoms with Crippen molar-refractivity contribution in [2.75, 3.05) is 0 Å². The van der Waals surface area contributed by atoms with Crippen LogP contribution in [0, 0.1) is 6.92 Å². The second kappa shape index (κ2) is 5.64. The minimum Gasteiger partial charge on any atom is -0.274 e. The summed E-state index contributed by atoms with van der Waals surface area (Å²) in [5, 5.41) is 10.7. The maximum atomic E-state index is 5.93. The molecule has 1 aromatic carbocycles. The molecule has 3 rings (SSSR count). The number of aromatic nitrogens is 4. The predicted octanol–water partition coefficient (Wildman–Crippen LogP) is 3.78. The van der Waals surface area contributed by atoms with Crippen LogP contribution in [0.2, 0.25) is 5.02 Å². The number of aryl methyl sites for hydroxylation is 1. The molecule has 0 saturated heterocycles. The fraction of sp³-hybridized carbons (Fsp3) is 0.0714. The van der Waals surface area contributed by atoms with E-state index < -0.39 is 0 Å². The molecule has 20 heavy (non-hydrogen) atoms. The zero-order valence-corrected chi connectivity index (χ0v) is 12.3. The lowest BCUT2D eigenvalue weighted by Gasteiger charge is -2.07. The number of benzene rings is 1. The Bertz CT molecular complexity index is 710. The fourth-order valence-corrected chi connectivity index (χ4v) is 2.78. The van der Waals surface area contributed by atoms with Crippen molar-refractivity contribution in [3.63, 3.8) is 0 Å². The van der Waals surface area contributed by atoms with Gasteiger partial charge in [-0.05, 0) is 55.1 Å². The van der Waals surface area contributed by atoms with E-state index in [9.17, 15) is 0 Å². The summed E-state index contributed by atoms with van der Waals surface area (Å²) in [6, 6.07) is 13.4. The normalized spacial score (nSPS) is 10.7. The number of hydrogen-bond donors (Lipinski definition) is 0. The highest BCUT2D eigenvalue weighted by molar-refractivity contribution is 7.99. The molecule has 4 nitrogen and oxygen atoms in total. The van der Waals surface area contributed by atoms with Crippen molar-refractivity contribution in [2.45, 2.75) is 17.1 Å². The standard InChI is InChI=1S/C14H11ClN4S/c1-10-17-18-14(20-13-4-2-3-9-16-13)19(10)12-7-5-11(15)6-8-12/h2-9H,1H3. The first-order chi connectivity index (χ1) is 9.74. The van der Waals surface area contributed by atoms with Gasteiger partial charge in [0.1, 0.15) is 10.9 Å². The van der Waals surface area contributed by atoms with Gasteiger partial charge in [-0.2, -0.15) is 0 Å². The van der Waals surface area contributed by atoms with Crippen LogP contribution in [0.4, 0.5) is 0 Å². The van der Waals surface area contributed by atoms with Gasteiger partial charge in [0.2, 0.25) is 5.16 Å². The molecule has 0 aliphatic rings. The molecule has 0 N–H and O–H groups in total. The van der Waals surface area contributed by atoms with Gasteiger partial charge in [0.15, 0.2) is 0 Å². The average Bonchev–Trinajstić information content (AvgIpc) is 2.82. The van der Waals surface area contributed by atoms with Crippen molar-refractivity contribution in [3.05, 3.63) is 59.5 Å². The Labute approximate surface area is 125 Å². The van der Waals surface area contributed by atoms with Gasteiger partial charge in [-0.3, -0.25) is 4.57 Å². The predicted molar refractivity (Wildman–Crippen MR) is 79.5 cm³/mol. The molecule has 100 valence electrons. The van der Waals surface area contributed by atoms with Gasteiger partial charge < -0.3 is 0 Å². The van der Waals surface area contributed by atoms with Crippen LogP contribution in [0.3, 0.4) is 0 Å². The van der Waals surface area contributed by atoms with Crippen molar-refractivity contribution in [3.8, 4) is 5.69 Å². The van der Waals surface area contributed by atoms with E-state index in [0.717, 1.165) is 21.7 Å². The number of nitrogens with zero attached hydrogens (tertiary/aromatic N) is 4. The molecule has 6 heteroatoms. The lowest BCUT2D eigenvalue weighted by molar-refractivity contribution is 0.866. The van der Waals surface area contributed by atoms with Gasteiger partial charge in [-0.25, -0.2) is 4.98 Å². The van der Waals surface area contributed by atoms with E-state index in [1.54, 1.807) is 6.20 Å². The Kier molecular flexibility index (Phi) is 3.71. The van der Waals surface area contributed by atoms with E-state index in [1.807, 2.05) is 54.0 Å². The van der Waals surface area contributed by atoms with Crippen molar-refractivity contribution in [2.24, 2.45) is 0 Å². The molecule has 2 aromatic heterocycles.